The second kappa shape index (κ2) is 18.1. The van der Waals surface area contributed by atoms with Gasteiger partial charge in [-0.2, -0.15) is 0 Å². The molecule has 0 aliphatic carbocycles. The van der Waals surface area contributed by atoms with Gasteiger partial charge < -0.3 is 48.1 Å². The van der Waals surface area contributed by atoms with Gasteiger partial charge in [0, 0.05) is 13.1 Å². The smallest absolute Gasteiger partial charge is 0.410 e. The Morgan fingerprint density at radius 2 is 1.02 bits per heavy atom. The average molecular weight is 839 g/mol. The molecule has 6 atom stereocenters. The minimum absolute atomic E-state index is 0.0130. The van der Waals surface area contributed by atoms with Crippen molar-refractivity contribution in [3.8, 4) is 0 Å². The second-order valence-electron chi connectivity index (χ2n) is 19.4. The number of fused-ring (bicyclic) bond motifs is 2. The van der Waals surface area contributed by atoms with Gasteiger partial charge in [-0.05, 0) is 83.6 Å². The van der Waals surface area contributed by atoms with Crippen LogP contribution in [0.3, 0.4) is 0 Å². The minimum Gasteiger partial charge on any atom is -0.445 e. The van der Waals surface area contributed by atoms with Crippen molar-refractivity contribution < 1.29 is 47.7 Å². The lowest BCUT2D eigenvalue weighted by atomic mass is 10.1. The fourth-order valence-electron chi connectivity index (χ4n) is 7.83. The van der Waals surface area contributed by atoms with Crippen LogP contribution >= 0.6 is 0 Å². The molecule has 1 N–H and O–H groups in total. The summed E-state index contributed by atoms with van der Waals surface area (Å²) in [5.41, 5.74) is 0.654. The van der Waals surface area contributed by atoms with Crippen LogP contribution in [0.15, 0.2) is 60.7 Å². The summed E-state index contributed by atoms with van der Waals surface area (Å²) in [5, 5.41) is 10.4. The van der Waals surface area contributed by atoms with Gasteiger partial charge in [-0.3, -0.25) is 0 Å². The number of hydrogen-bond acceptors (Lipinski definition) is 10. The van der Waals surface area contributed by atoms with Crippen LogP contribution in [0.5, 0.6) is 0 Å². The van der Waals surface area contributed by atoms with Gasteiger partial charge in [-0.15, -0.1) is 0 Å². The minimum atomic E-state index is -2.13. The van der Waals surface area contributed by atoms with E-state index in [-0.39, 0.29) is 61.2 Å². The molecular weight excluding hydrogens is 773 g/mol. The molecule has 0 spiro atoms. The van der Waals surface area contributed by atoms with E-state index in [1.807, 2.05) is 81.4 Å². The van der Waals surface area contributed by atoms with Crippen molar-refractivity contribution in [2.75, 3.05) is 26.2 Å². The molecule has 4 amide bonds. The number of carbonyl (C=O) groups excluding carboxylic acids is 4. The van der Waals surface area contributed by atoms with Crippen molar-refractivity contribution in [3.63, 3.8) is 0 Å². The summed E-state index contributed by atoms with van der Waals surface area (Å²) < 4.78 is 28.9. The topological polar surface area (TPSA) is 148 Å². The molecule has 6 rings (SSSR count). The highest BCUT2D eigenvalue weighted by Crippen LogP contribution is 2.42. The largest absolute Gasteiger partial charge is 0.445 e. The zero-order valence-corrected chi connectivity index (χ0v) is 37.8. The molecule has 2 aromatic carbocycles. The van der Waals surface area contributed by atoms with Crippen LogP contribution in [0.25, 0.3) is 0 Å². The van der Waals surface area contributed by atoms with E-state index in [0.29, 0.717) is 32.5 Å². The van der Waals surface area contributed by atoms with Crippen molar-refractivity contribution in [2.24, 2.45) is 0 Å². The first-order chi connectivity index (χ1) is 27.5. The van der Waals surface area contributed by atoms with Gasteiger partial charge in [0.25, 0.3) is 0 Å². The maximum atomic E-state index is 13.1. The molecule has 326 valence electrons. The maximum absolute atomic E-state index is 13.1. The Bertz CT molecular complexity index is 1760. The van der Waals surface area contributed by atoms with Crippen molar-refractivity contribution >= 4 is 32.7 Å². The van der Waals surface area contributed by atoms with Crippen LogP contribution < -0.4 is 0 Å². The second-order valence-corrected chi connectivity index (χ2v) is 24.2. The summed E-state index contributed by atoms with van der Waals surface area (Å²) in [7, 11) is -2.13. The zero-order valence-electron chi connectivity index (χ0n) is 36.8. The van der Waals surface area contributed by atoms with Crippen LogP contribution in [0.4, 0.5) is 19.2 Å². The predicted molar refractivity (Wildman–Crippen MR) is 225 cm³/mol. The summed E-state index contributed by atoms with van der Waals surface area (Å²) in [5.74, 6) is 0. The molecule has 4 saturated heterocycles. The summed E-state index contributed by atoms with van der Waals surface area (Å²) in [4.78, 5) is 57.6. The number of rotatable bonds is 6. The van der Waals surface area contributed by atoms with E-state index in [2.05, 4.69) is 33.9 Å². The Morgan fingerprint density at radius 1 is 0.610 bits per heavy atom. The van der Waals surface area contributed by atoms with Gasteiger partial charge >= 0.3 is 24.4 Å². The van der Waals surface area contributed by atoms with Crippen LogP contribution in [-0.4, -0.2) is 131 Å². The molecule has 14 nitrogen and oxygen atoms in total. The molecule has 2 aromatic rings. The number of likely N-dealkylation sites (tertiary alicyclic amines) is 4. The number of ether oxygens (including phenoxy) is 4. The van der Waals surface area contributed by atoms with Gasteiger partial charge in [0.1, 0.15) is 24.4 Å². The molecule has 4 heterocycles. The Morgan fingerprint density at radius 3 is 1.44 bits per heavy atom. The maximum Gasteiger partial charge on any atom is 0.410 e. The molecule has 59 heavy (non-hydrogen) atoms. The van der Waals surface area contributed by atoms with Crippen LogP contribution in [0.2, 0.25) is 18.1 Å². The van der Waals surface area contributed by atoms with E-state index in [1.54, 1.807) is 30.6 Å². The summed E-state index contributed by atoms with van der Waals surface area (Å²) >= 11 is 0. The highest BCUT2D eigenvalue weighted by Gasteiger charge is 2.56. The first-order valence-corrected chi connectivity index (χ1v) is 23.7. The highest BCUT2D eigenvalue weighted by molar-refractivity contribution is 6.74. The Hall–Kier alpha value is -4.34. The van der Waals surface area contributed by atoms with Crippen molar-refractivity contribution in [2.45, 2.75) is 154 Å². The molecule has 0 bridgehead atoms. The van der Waals surface area contributed by atoms with E-state index in [4.69, 9.17) is 23.4 Å². The van der Waals surface area contributed by atoms with Crippen LogP contribution in [0.1, 0.15) is 86.3 Å². The predicted octanol–water partition coefficient (Wildman–Crippen LogP) is 7.78. The number of amides is 4. The number of aliphatic hydroxyl groups is 1. The number of β-amino-alcohol motifs (C(OH)–C–C–N with tert-alkyl or cyclic N) is 1. The van der Waals surface area contributed by atoms with Crippen LogP contribution in [-0.2, 0) is 36.6 Å². The molecule has 0 saturated carbocycles. The molecule has 0 unspecified atom stereocenters. The van der Waals surface area contributed by atoms with Gasteiger partial charge in [-0.1, -0.05) is 81.4 Å². The molecule has 4 fully saturated rings. The lowest BCUT2D eigenvalue weighted by Gasteiger charge is -2.40. The highest BCUT2D eigenvalue weighted by atomic mass is 28.4. The molecular formula is C44H66N4O10Si. The molecule has 0 radical (unpaired) electrons. The van der Waals surface area contributed by atoms with Crippen molar-refractivity contribution in [1.82, 2.24) is 19.6 Å². The van der Waals surface area contributed by atoms with E-state index in [1.165, 1.54) is 9.80 Å². The molecule has 15 heteroatoms. The molecule has 4 aliphatic heterocycles. The third-order valence-corrected chi connectivity index (χ3v) is 16.1. The molecule has 0 aromatic heterocycles. The Balaban J connectivity index is 0.000000230. The monoisotopic (exact) mass is 838 g/mol. The first kappa shape index (κ1) is 45.7. The lowest BCUT2D eigenvalue weighted by molar-refractivity contribution is 0.0200. The van der Waals surface area contributed by atoms with E-state index < -0.39 is 43.9 Å². The number of carbonyl (C=O) groups is 4. The van der Waals surface area contributed by atoms with Gasteiger partial charge in [0.2, 0.25) is 0 Å². The van der Waals surface area contributed by atoms with Gasteiger partial charge in [0.15, 0.2) is 8.32 Å². The number of aliphatic hydroxyl groups excluding tert-OH is 1. The fourth-order valence-corrected chi connectivity index (χ4v) is 9.15. The van der Waals surface area contributed by atoms with E-state index in [9.17, 15) is 24.3 Å². The number of benzene rings is 2. The van der Waals surface area contributed by atoms with E-state index in [0.717, 1.165) is 11.1 Å². The zero-order chi connectivity index (χ0) is 43.5. The summed E-state index contributed by atoms with van der Waals surface area (Å²) in [6.45, 7) is 23.9. The fraction of sp³-hybridized carbons (Fsp3) is 0.636. The number of hydrogen-bond donors (Lipinski definition) is 1. The average Bonchev–Trinajstić information content (AvgIpc) is 3.92. The third kappa shape index (κ3) is 11.5. The lowest BCUT2D eigenvalue weighted by Crippen LogP contribution is -2.51. The van der Waals surface area contributed by atoms with Gasteiger partial charge in [-0.25, -0.2) is 19.2 Å². The van der Waals surface area contributed by atoms with E-state index >= 15 is 0 Å². The van der Waals surface area contributed by atoms with Crippen molar-refractivity contribution in [1.29, 1.82) is 0 Å². The van der Waals surface area contributed by atoms with Gasteiger partial charge in [0.05, 0.1) is 49.5 Å². The summed E-state index contributed by atoms with van der Waals surface area (Å²) in [6, 6.07) is 18.0. The SMILES string of the molecule is CC(C)(C)OC(=O)N1C[C@@H](O)[C@@H]2[C@H]1CCN2C(=O)OCc1ccccc1.CC(C)(C)OC(=O)N1C[C@@H](O[Si](C)(C)C(C)(C)C)[C@@H]2[C@H]1CCN2C(=O)OCc1ccccc1. The Kier molecular flexibility index (Phi) is 14.0. The number of nitrogens with zero attached hydrogens (tertiary/aromatic N) is 4. The van der Waals surface area contributed by atoms with Crippen LogP contribution in [0, 0.1) is 0 Å². The third-order valence-electron chi connectivity index (χ3n) is 11.6. The molecule has 4 aliphatic rings. The first-order valence-electron chi connectivity index (χ1n) is 20.8. The summed E-state index contributed by atoms with van der Waals surface area (Å²) in [6.07, 6.45) is -1.42. The quantitative estimate of drug-likeness (QED) is 0.226. The normalized spacial score (nSPS) is 24.2. The standard InChI is InChI=1S/C25H40N2O5Si.C19H26N2O5/c1-24(2,3)31-23(29)27-16-20(32-33(7,8)25(4,5)6)21-19(27)14-15-26(21)22(28)30-17-18-12-10-9-11-13-18;1-19(2,3)26-18(24)21-11-15(22)16-14(21)9-10-20(16)17(23)25-12-13-7-5-4-6-8-13/h9-13,19-21H,14-17H2,1-8H3;4-8,14-16,22H,9-12H2,1-3H3/t19-,20-,21+;14-,15-,16+/m11/s1. The Labute approximate surface area is 351 Å². The van der Waals surface area contributed by atoms with Crippen molar-refractivity contribution in [3.05, 3.63) is 71.8 Å².